The second-order valence-electron chi connectivity index (χ2n) is 5.06. The van der Waals surface area contributed by atoms with Crippen molar-refractivity contribution in [1.29, 1.82) is 0 Å². The first-order valence-corrected chi connectivity index (χ1v) is 7.72. The lowest BCUT2D eigenvalue weighted by atomic mass is 10.1. The average Bonchev–Trinajstić information content (AvgIpc) is 2.47. The number of halogens is 1. The second-order valence-corrected chi connectivity index (χ2v) is 5.98. The van der Waals surface area contributed by atoms with Gasteiger partial charge in [0.05, 0.1) is 32.7 Å². The number of carbonyl (C=O) groups excluding carboxylic acids is 1. The highest BCUT2D eigenvalue weighted by molar-refractivity contribution is 9.10. The van der Waals surface area contributed by atoms with Gasteiger partial charge in [0.25, 0.3) is 0 Å². The third-order valence-corrected chi connectivity index (χ3v) is 3.97. The van der Waals surface area contributed by atoms with E-state index in [0.717, 1.165) is 10.0 Å². The van der Waals surface area contributed by atoms with Gasteiger partial charge in [-0.1, -0.05) is 15.9 Å². The van der Waals surface area contributed by atoms with E-state index in [2.05, 4.69) is 15.9 Å². The van der Waals surface area contributed by atoms with Crippen LogP contribution in [-0.4, -0.2) is 54.8 Å². The second kappa shape index (κ2) is 7.60. The van der Waals surface area contributed by atoms with E-state index in [1.165, 1.54) is 0 Å². The molecule has 1 fully saturated rings. The maximum Gasteiger partial charge on any atom is 0.306 e. The molecule has 0 bridgehead atoms. The predicted octanol–water partition coefficient (Wildman–Crippen LogP) is 1.70. The van der Waals surface area contributed by atoms with Gasteiger partial charge in [0, 0.05) is 23.1 Å². The Bertz CT molecular complexity index is 563. The lowest BCUT2D eigenvalue weighted by Gasteiger charge is -2.32. The number of hydrogen-bond donors (Lipinski definition) is 1. The number of hydrogen-bond acceptors (Lipinski definition) is 4. The summed E-state index contributed by atoms with van der Waals surface area (Å²) >= 11 is 3.38. The van der Waals surface area contributed by atoms with Crippen LogP contribution in [0.5, 0.6) is 5.75 Å². The van der Waals surface area contributed by atoms with E-state index in [-0.39, 0.29) is 18.7 Å². The van der Waals surface area contributed by atoms with Gasteiger partial charge in [-0.05, 0) is 18.2 Å². The van der Waals surface area contributed by atoms with Crippen molar-refractivity contribution in [3.8, 4) is 5.75 Å². The number of morpholine rings is 1. The summed E-state index contributed by atoms with van der Waals surface area (Å²) < 4.78 is 11.5. The molecule has 1 aromatic carbocycles. The van der Waals surface area contributed by atoms with Crippen molar-refractivity contribution in [3.63, 3.8) is 0 Å². The highest BCUT2D eigenvalue weighted by atomic mass is 79.9. The summed E-state index contributed by atoms with van der Waals surface area (Å²) in [6.07, 6.45) is -0.327. The quantitative estimate of drug-likeness (QED) is 0.852. The van der Waals surface area contributed by atoms with Crippen LogP contribution in [0.2, 0.25) is 0 Å². The molecule has 6 nitrogen and oxygen atoms in total. The summed E-state index contributed by atoms with van der Waals surface area (Å²) in [5.41, 5.74) is 0.795. The molecule has 1 aliphatic rings. The van der Waals surface area contributed by atoms with Gasteiger partial charge in [-0.25, -0.2) is 0 Å². The third-order valence-electron chi connectivity index (χ3n) is 3.48. The van der Waals surface area contributed by atoms with Crippen LogP contribution in [-0.2, 0) is 20.7 Å². The molecule has 1 aliphatic heterocycles. The molecule has 120 valence electrons. The Hall–Kier alpha value is -1.60. The Morgan fingerprint density at radius 1 is 1.50 bits per heavy atom. The summed E-state index contributed by atoms with van der Waals surface area (Å²) in [6, 6.07) is 5.51. The van der Waals surface area contributed by atoms with Crippen LogP contribution in [0.1, 0.15) is 12.0 Å². The first kappa shape index (κ1) is 16.8. The monoisotopic (exact) mass is 371 g/mol. The Morgan fingerprint density at radius 3 is 2.95 bits per heavy atom. The fourth-order valence-corrected chi connectivity index (χ4v) is 2.83. The van der Waals surface area contributed by atoms with Gasteiger partial charge in [0.1, 0.15) is 5.75 Å². The van der Waals surface area contributed by atoms with Crippen molar-refractivity contribution in [2.75, 3.05) is 26.8 Å². The van der Waals surface area contributed by atoms with E-state index in [0.29, 0.717) is 25.4 Å². The lowest BCUT2D eigenvalue weighted by molar-refractivity contribution is -0.147. The van der Waals surface area contributed by atoms with Gasteiger partial charge in [-0.2, -0.15) is 0 Å². The molecule has 0 unspecified atom stereocenters. The van der Waals surface area contributed by atoms with Gasteiger partial charge in [0.2, 0.25) is 5.91 Å². The van der Waals surface area contributed by atoms with E-state index in [9.17, 15) is 9.59 Å². The van der Waals surface area contributed by atoms with E-state index in [1.54, 1.807) is 18.1 Å². The number of carboxylic acids is 1. The van der Waals surface area contributed by atoms with Crippen molar-refractivity contribution in [1.82, 2.24) is 4.90 Å². The van der Waals surface area contributed by atoms with Gasteiger partial charge in [-0.15, -0.1) is 0 Å². The smallest absolute Gasteiger partial charge is 0.306 e. The average molecular weight is 372 g/mol. The molecule has 1 saturated heterocycles. The molecule has 2 rings (SSSR count). The molecule has 0 radical (unpaired) electrons. The van der Waals surface area contributed by atoms with E-state index in [4.69, 9.17) is 14.6 Å². The zero-order valence-corrected chi connectivity index (χ0v) is 13.8. The van der Waals surface area contributed by atoms with Crippen molar-refractivity contribution >= 4 is 27.8 Å². The summed E-state index contributed by atoms with van der Waals surface area (Å²) in [6.45, 7) is 1.14. The minimum absolute atomic E-state index is 0.0601. The number of nitrogens with zero attached hydrogens (tertiary/aromatic N) is 1. The van der Waals surface area contributed by atoms with Gasteiger partial charge < -0.3 is 19.5 Å². The SMILES string of the molecule is COc1ccc(Br)cc1CC(=O)N1CCO[C@H](CC(=O)O)C1. The number of carbonyl (C=O) groups is 2. The molecule has 7 heteroatoms. The molecule has 1 amide bonds. The number of methoxy groups -OCH3 is 1. The first-order chi connectivity index (χ1) is 10.5. The van der Waals surface area contributed by atoms with Crippen LogP contribution in [0.25, 0.3) is 0 Å². The van der Waals surface area contributed by atoms with Crippen LogP contribution < -0.4 is 4.74 Å². The van der Waals surface area contributed by atoms with Crippen molar-refractivity contribution < 1.29 is 24.2 Å². The van der Waals surface area contributed by atoms with E-state index in [1.807, 2.05) is 12.1 Å². The zero-order valence-electron chi connectivity index (χ0n) is 12.3. The Balaban J connectivity index is 2.02. The summed E-state index contributed by atoms with van der Waals surface area (Å²) in [4.78, 5) is 24.8. The minimum Gasteiger partial charge on any atom is -0.496 e. The fraction of sp³-hybridized carbons (Fsp3) is 0.467. The number of amides is 1. The van der Waals surface area contributed by atoms with Crippen LogP contribution in [0.3, 0.4) is 0 Å². The highest BCUT2D eigenvalue weighted by Crippen LogP contribution is 2.24. The third kappa shape index (κ3) is 4.45. The Labute approximate surface area is 137 Å². The highest BCUT2D eigenvalue weighted by Gasteiger charge is 2.26. The molecule has 0 aromatic heterocycles. The van der Waals surface area contributed by atoms with E-state index < -0.39 is 12.1 Å². The number of rotatable bonds is 5. The maximum absolute atomic E-state index is 12.4. The Kier molecular flexibility index (Phi) is 5.79. The van der Waals surface area contributed by atoms with Crippen molar-refractivity contribution in [2.45, 2.75) is 18.9 Å². The van der Waals surface area contributed by atoms with Crippen LogP contribution in [0.4, 0.5) is 0 Å². The van der Waals surface area contributed by atoms with E-state index >= 15 is 0 Å². The zero-order chi connectivity index (χ0) is 16.1. The molecule has 1 aromatic rings. The summed E-state index contributed by atoms with van der Waals surface area (Å²) in [5, 5.41) is 8.82. The van der Waals surface area contributed by atoms with Crippen molar-refractivity contribution in [2.24, 2.45) is 0 Å². The standard InChI is InChI=1S/C15H18BrNO5/c1-21-13-3-2-11(16)6-10(13)7-14(18)17-4-5-22-12(9-17)8-15(19)20/h2-3,6,12H,4-5,7-9H2,1H3,(H,19,20)/t12-/m1/s1. The largest absolute Gasteiger partial charge is 0.496 e. The molecular formula is C15H18BrNO5. The van der Waals surface area contributed by atoms with Crippen LogP contribution in [0.15, 0.2) is 22.7 Å². The molecule has 0 spiro atoms. The molecule has 0 saturated carbocycles. The maximum atomic E-state index is 12.4. The van der Waals surface area contributed by atoms with Crippen LogP contribution >= 0.6 is 15.9 Å². The number of ether oxygens (including phenoxy) is 2. The molecule has 1 N–H and O–H groups in total. The number of carboxylic acid groups (broad SMARTS) is 1. The number of benzene rings is 1. The normalized spacial score (nSPS) is 18.1. The molecule has 1 atom stereocenters. The summed E-state index contributed by atoms with van der Waals surface area (Å²) in [5.74, 6) is -0.324. The predicted molar refractivity (Wildman–Crippen MR) is 83.0 cm³/mol. The molecule has 1 heterocycles. The van der Waals surface area contributed by atoms with Gasteiger partial charge in [-0.3, -0.25) is 9.59 Å². The van der Waals surface area contributed by atoms with Gasteiger partial charge >= 0.3 is 5.97 Å². The van der Waals surface area contributed by atoms with Crippen LogP contribution in [0, 0.1) is 0 Å². The summed E-state index contributed by atoms with van der Waals surface area (Å²) in [7, 11) is 1.56. The minimum atomic E-state index is -0.923. The molecule has 0 aliphatic carbocycles. The number of aliphatic carboxylic acids is 1. The first-order valence-electron chi connectivity index (χ1n) is 6.93. The van der Waals surface area contributed by atoms with Crippen molar-refractivity contribution in [3.05, 3.63) is 28.2 Å². The fourth-order valence-electron chi connectivity index (χ4n) is 2.42. The topological polar surface area (TPSA) is 76.1 Å². The molecule has 22 heavy (non-hydrogen) atoms. The van der Waals surface area contributed by atoms with Gasteiger partial charge in [0.15, 0.2) is 0 Å². The molecular weight excluding hydrogens is 354 g/mol. The Morgan fingerprint density at radius 2 is 2.27 bits per heavy atom. The lowest BCUT2D eigenvalue weighted by Crippen LogP contribution is -2.46.